The first kappa shape index (κ1) is 28.1. The SMILES string of the molecule is C[C@H]1COCCN1c1cc(C2(S(O)(O)c3ccncc3)CCC2)nc(-c2ccc(NC(=O)NCc3ncc[nH]3)cc2)n1. The summed E-state index contributed by atoms with van der Waals surface area (Å²) in [5, 5.41) is 5.58. The number of carbonyl (C=O) groups is 1. The molecule has 13 heteroatoms. The number of aromatic amines is 1. The van der Waals surface area contributed by atoms with Gasteiger partial charge in [-0.2, -0.15) is 10.6 Å². The van der Waals surface area contributed by atoms with Crippen LogP contribution in [0.3, 0.4) is 0 Å². The number of nitrogens with zero attached hydrogens (tertiary/aromatic N) is 5. The first-order chi connectivity index (χ1) is 20.4. The number of imidazole rings is 1. The zero-order valence-corrected chi connectivity index (χ0v) is 24.0. The summed E-state index contributed by atoms with van der Waals surface area (Å²) in [5.74, 6) is 1.86. The highest BCUT2D eigenvalue weighted by Gasteiger charge is 2.52. The molecule has 12 nitrogen and oxygen atoms in total. The zero-order valence-electron chi connectivity index (χ0n) is 23.2. The van der Waals surface area contributed by atoms with Crippen molar-refractivity contribution in [3.63, 3.8) is 0 Å². The Labute approximate surface area is 245 Å². The van der Waals surface area contributed by atoms with Crippen LogP contribution in [0.1, 0.15) is 37.7 Å². The summed E-state index contributed by atoms with van der Waals surface area (Å²) >= 11 is 0. The van der Waals surface area contributed by atoms with Crippen LogP contribution in [0.15, 0.2) is 72.1 Å². The molecule has 4 aromatic rings. The van der Waals surface area contributed by atoms with Gasteiger partial charge in [0.2, 0.25) is 0 Å². The summed E-state index contributed by atoms with van der Waals surface area (Å²) in [5.41, 5.74) is 1.97. The van der Waals surface area contributed by atoms with E-state index in [1.807, 2.05) is 18.2 Å². The predicted octanol–water partition coefficient (Wildman–Crippen LogP) is 5.00. The molecule has 42 heavy (non-hydrogen) atoms. The number of morpholine rings is 1. The third kappa shape index (κ3) is 5.43. The number of ether oxygens (including phenoxy) is 1. The van der Waals surface area contributed by atoms with Crippen LogP contribution in [0.25, 0.3) is 11.4 Å². The number of H-pyrrole nitrogens is 1. The molecular weight excluding hydrogens is 556 g/mol. The number of nitrogens with one attached hydrogen (secondary N) is 3. The van der Waals surface area contributed by atoms with E-state index in [1.165, 1.54) is 0 Å². The Balaban J connectivity index is 1.32. The fourth-order valence-electron chi connectivity index (χ4n) is 5.39. The van der Waals surface area contributed by atoms with Crippen LogP contribution in [-0.2, 0) is 16.0 Å². The Morgan fingerprint density at radius 1 is 1.14 bits per heavy atom. The number of rotatable bonds is 8. The molecular formula is C29H34N8O4S. The van der Waals surface area contributed by atoms with Gasteiger partial charge in [-0.1, -0.05) is 0 Å². The summed E-state index contributed by atoms with van der Waals surface area (Å²) in [4.78, 5) is 36.0. The highest BCUT2D eigenvalue weighted by molar-refractivity contribution is 8.25. The number of urea groups is 1. The second-order valence-electron chi connectivity index (χ2n) is 10.6. The van der Waals surface area contributed by atoms with Gasteiger partial charge in [0, 0.05) is 48.6 Å². The van der Waals surface area contributed by atoms with Gasteiger partial charge in [0.25, 0.3) is 0 Å². The van der Waals surface area contributed by atoms with E-state index in [2.05, 4.69) is 37.4 Å². The second-order valence-corrected chi connectivity index (χ2v) is 12.9. The third-order valence-corrected chi connectivity index (χ3v) is 10.5. The van der Waals surface area contributed by atoms with E-state index >= 15 is 0 Å². The Hall–Kier alpha value is -4.04. The van der Waals surface area contributed by atoms with Crippen molar-refractivity contribution >= 4 is 28.1 Å². The number of anilines is 2. The van der Waals surface area contributed by atoms with Crippen LogP contribution in [0, 0.1) is 0 Å². The van der Waals surface area contributed by atoms with Gasteiger partial charge in [0.15, 0.2) is 5.82 Å². The van der Waals surface area contributed by atoms with Gasteiger partial charge in [-0.05, 0) is 62.6 Å². The molecule has 0 radical (unpaired) electrons. The molecule has 2 fully saturated rings. The molecule has 1 atom stereocenters. The molecule has 1 saturated carbocycles. The normalized spacial score (nSPS) is 18.6. The minimum atomic E-state index is -3.25. The molecule has 1 aliphatic carbocycles. The molecule has 1 aromatic carbocycles. The number of benzene rings is 1. The first-order valence-corrected chi connectivity index (χ1v) is 15.5. The summed E-state index contributed by atoms with van der Waals surface area (Å²) in [6, 6.07) is 12.3. The zero-order chi connectivity index (χ0) is 29.2. The summed E-state index contributed by atoms with van der Waals surface area (Å²) < 4.78 is 28.2. The number of hydrogen-bond acceptors (Lipinski definition) is 9. The van der Waals surface area contributed by atoms with Crippen molar-refractivity contribution in [3.05, 3.63) is 78.8 Å². The van der Waals surface area contributed by atoms with Crippen LogP contribution in [0.2, 0.25) is 0 Å². The predicted molar refractivity (Wildman–Crippen MR) is 160 cm³/mol. The number of carbonyl (C=O) groups excluding carboxylic acids is 1. The van der Waals surface area contributed by atoms with Crippen LogP contribution in [0.5, 0.6) is 0 Å². The molecule has 3 aromatic heterocycles. The van der Waals surface area contributed by atoms with Crippen molar-refractivity contribution in [3.8, 4) is 11.4 Å². The maximum absolute atomic E-state index is 12.4. The first-order valence-electron chi connectivity index (χ1n) is 13.9. The van der Waals surface area contributed by atoms with Gasteiger partial charge < -0.3 is 25.3 Å². The molecule has 4 heterocycles. The van der Waals surface area contributed by atoms with Crippen LogP contribution >= 0.6 is 10.6 Å². The van der Waals surface area contributed by atoms with E-state index in [0.29, 0.717) is 60.5 Å². The maximum atomic E-state index is 12.4. The van der Waals surface area contributed by atoms with E-state index in [0.717, 1.165) is 17.8 Å². The van der Waals surface area contributed by atoms with Crippen molar-refractivity contribution < 1.29 is 18.6 Å². The monoisotopic (exact) mass is 590 g/mol. The molecule has 2 amide bonds. The Kier molecular flexibility index (Phi) is 7.82. The smallest absolute Gasteiger partial charge is 0.319 e. The maximum Gasteiger partial charge on any atom is 0.319 e. The lowest BCUT2D eigenvalue weighted by Gasteiger charge is -2.55. The molecule has 0 bridgehead atoms. The minimum Gasteiger partial charge on any atom is -0.377 e. The van der Waals surface area contributed by atoms with Crippen molar-refractivity contribution in [2.24, 2.45) is 0 Å². The topological polar surface area (TPSA) is 161 Å². The van der Waals surface area contributed by atoms with Gasteiger partial charge >= 0.3 is 6.03 Å². The number of amides is 2. The lowest BCUT2D eigenvalue weighted by molar-refractivity contribution is 0.0985. The molecule has 1 saturated heterocycles. The quantitative estimate of drug-likeness (QED) is 0.190. The molecule has 5 N–H and O–H groups in total. The van der Waals surface area contributed by atoms with Crippen molar-refractivity contribution in [2.75, 3.05) is 30.0 Å². The van der Waals surface area contributed by atoms with Crippen LogP contribution in [0.4, 0.5) is 16.3 Å². The Morgan fingerprint density at radius 2 is 1.93 bits per heavy atom. The Morgan fingerprint density at radius 3 is 2.60 bits per heavy atom. The molecule has 0 spiro atoms. The molecule has 0 unspecified atom stereocenters. The highest BCUT2D eigenvalue weighted by Crippen LogP contribution is 2.71. The van der Waals surface area contributed by atoms with Crippen LogP contribution in [-0.4, -0.2) is 65.9 Å². The third-order valence-electron chi connectivity index (χ3n) is 7.90. The van der Waals surface area contributed by atoms with Gasteiger partial charge in [-0.25, -0.2) is 19.7 Å². The highest BCUT2D eigenvalue weighted by atomic mass is 32.3. The fourth-order valence-corrected chi connectivity index (χ4v) is 7.59. The molecule has 6 rings (SSSR count). The number of pyridine rings is 1. The summed E-state index contributed by atoms with van der Waals surface area (Å²) in [6.45, 7) is 4.19. The van der Waals surface area contributed by atoms with Crippen molar-refractivity contribution in [2.45, 2.75) is 48.4 Å². The lowest BCUT2D eigenvalue weighted by Crippen LogP contribution is -2.45. The summed E-state index contributed by atoms with van der Waals surface area (Å²) in [6.07, 6.45) is 8.55. The molecule has 220 valence electrons. The van der Waals surface area contributed by atoms with E-state index in [4.69, 9.17) is 14.7 Å². The van der Waals surface area contributed by atoms with Gasteiger partial charge in [-0.15, -0.1) is 0 Å². The fraction of sp³-hybridized carbons (Fsp3) is 0.345. The van der Waals surface area contributed by atoms with E-state index in [-0.39, 0.29) is 18.6 Å². The average molecular weight is 591 g/mol. The second kappa shape index (κ2) is 11.7. The van der Waals surface area contributed by atoms with Crippen molar-refractivity contribution in [1.29, 1.82) is 0 Å². The number of hydrogen-bond donors (Lipinski definition) is 5. The number of aromatic nitrogens is 5. The average Bonchev–Trinajstić information content (AvgIpc) is 3.50. The van der Waals surface area contributed by atoms with Gasteiger partial charge in [-0.3, -0.25) is 14.1 Å². The van der Waals surface area contributed by atoms with Crippen LogP contribution < -0.4 is 15.5 Å². The van der Waals surface area contributed by atoms with Crippen molar-refractivity contribution in [1.82, 2.24) is 30.2 Å². The molecule has 2 aliphatic rings. The standard InChI is InChI=1S/C29H34N8O4S/c1-20-19-41-16-15-37(20)26-17-24(29(9-2-10-29)42(39,40)23-7-11-30-12-8-23)35-27(36-26)21-3-5-22(6-4-21)34-28(38)33-18-25-31-13-14-32-25/h3-8,11-14,17,20,39-40H,2,9-10,15-16,18-19H2,1H3,(H,31,32)(H2,33,34,38)/t20-/m0/s1. The summed E-state index contributed by atoms with van der Waals surface area (Å²) in [7, 11) is -3.25. The van der Waals surface area contributed by atoms with E-state index in [9.17, 15) is 13.9 Å². The van der Waals surface area contributed by atoms with Gasteiger partial charge in [0.05, 0.1) is 36.4 Å². The lowest BCUT2D eigenvalue weighted by atomic mass is 9.81. The Bertz CT molecular complexity index is 1510. The van der Waals surface area contributed by atoms with E-state index in [1.54, 1.807) is 49.1 Å². The largest absolute Gasteiger partial charge is 0.377 e. The molecule has 1 aliphatic heterocycles. The van der Waals surface area contributed by atoms with E-state index < -0.39 is 15.3 Å². The van der Waals surface area contributed by atoms with Gasteiger partial charge in [0.1, 0.15) is 16.4 Å². The minimum absolute atomic E-state index is 0.0958.